The third kappa shape index (κ3) is 2.41. The fraction of sp³-hybridized carbons (Fsp3) is 1.00. The summed E-state index contributed by atoms with van der Waals surface area (Å²) < 4.78 is 0. The van der Waals surface area contributed by atoms with E-state index < -0.39 is 0 Å². The van der Waals surface area contributed by atoms with Crippen molar-refractivity contribution in [3.63, 3.8) is 0 Å². The molecule has 0 aromatic carbocycles. The van der Waals surface area contributed by atoms with E-state index in [-0.39, 0.29) is 17.6 Å². The molecule has 2 aliphatic carbocycles. The minimum atomic E-state index is -0.141. The first-order chi connectivity index (χ1) is 7.50. The SMILES string of the molecule is CC1(C)C(O)CC1NCC1CCC(O)CC1. The first kappa shape index (κ1) is 12.3. The fourth-order valence-electron chi connectivity index (χ4n) is 2.91. The number of aliphatic hydroxyl groups is 2. The molecule has 0 aromatic heterocycles. The third-order valence-electron chi connectivity index (χ3n) is 4.69. The molecule has 0 saturated heterocycles. The van der Waals surface area contributed by atoms with Crippen LogP contribution in [0.2, 0.25) is 0 Å². The summed E-state index contributed by atoms with van der Waals surface area (Å²) in [7, 11) is 0. The van der Waals surface area contributed by atoms with Crippen LogP contribution in [0.4, 0.5) is 0 Å². The average molecular weight is 227 g/mol. The predicted molar refractivity (Wildman–Crippen MR) is 64.2 cm³/mol. The van der Waals surface area contributed by atoms with Gasteiger partial charge in [0.2, 0.25) is 0 Å². The highest BCUT2D eigenvalue weighted by Gasteiger charge is 2.46. The predicted octanol–water partition coefficient (Wildman–Crippen LogP) is 1.29. The number of aliphatic hydroxyl groups excluding tert-OH is 2. The van der Waals surface area contributed by atoms with Gasteiger partial charge in [-0.15, -0.1) is 0 Å². The molecule has 2 atom stereocenters. The molecule has 3 heteroatoms. The first-order valence-electron chi connectivity index (χ1n) is 6.59. The molecular weight excluding hydrogens is 202 g/mol. The zero-order valence-electron chi connectivity index (χ0n) is 10.4. The average Bonchev–Trinajstić information content (AvgIpc) is 2.26. The van der Waals surface area contributed by atoms with Crippen LogP contribution >= 0.6 is 0 Å². The van der Waals surface area contributed by atoms with Gasteiger partial charge in [0, 0.05) is 11.5 Å². The van der Waals surface area contributed by atoms with Gasteiger partial charge in [-0.1, -0.05) is 13.8 Å². The minimum Gasteiger partial charge on any atom is -0.393 e. The molecule has 0 aliphatic heterocycles. The van der Waals surface area contributed by atoms with E-state index in [4.69, 9.17) is 0 Å². The highest BCUT2D eigenvalue weighted by Crippen LogP contribution is 2.40. The van der Waals surface area contributed by atoms with E-state index in [1.54, 1.807) is 0 Å². The first-order valence-corrected chi connectivity index (χ1v) is 6.59. The van der Waals surface area contributed by atoms with E-state index in [1.807, 2.05) is 0 Å². The van der Waals surface area contributed by atoms with Gasteiger partial charge in [0.15, 0.2) is 0 Å². The number of hydrogen-bond acceptors (Lipinski definition) is 3. The number of nitrogens with one attached hydrogen (secondary N) is 1. The van der Waals surface area contributed by atoms with Gasteiger partial charge in [-0.05, 0) is 44.6 Å². The zero-order chi connectivity index (χ0) is 11.8. The van der Waals surface area contributed by atoms with Gasteiger partial charge < -0.3 is 15.5 Å². The maximum Gasteiger partial charge on any atom is 0.0621 e. The minimum absolute atomic E-state index is 0.0359. The Morgan fingerprint density at radius 2 is 1.75 bits per heavy atom. The van der Waals surface area contributed by atoms with Crippen LogP contribution in [0.15, 0.2) is 0 Å². The molecular formula is C13H25NO2. The van der Waals surface area contributed by atoms with Crippen LogP contribution < -0.4 is 5.32 Å². The number of hydrogen-bond donors (Lipinski definition) is 3. The van der Waals surface area contributed by atoms with Crippen molar-refractivity contribution in [2.75, 3.05) is 6.54 Å². The quantitative estimate of drug-likeness (QED) is 0.681. The summed E-state index contributed by atoms with van der Waals surface area (Å²) in [4.78, 5) is 0. The van der Waals surface area contributed by atoms with E-state index >= 15 is 0 Å². The van der Waals surface area contributed by atoms with Crippen molar-refractivity contribution in [2.45, 2.75) is 64.2 Å². The summed E-state index contributed by atoms with van der Waals surface area (Å²) in [5, 5.41) is 22.7. The number of rotatable bonds is 3. The van der Waals surface area contributed by atoms with Gasteiger partial charge in [0.05, 0.1) is 12.2 Å². The highest BCUT2D eigenvalue weighted by molar-refractivity contribution is 5.01. The molecule has 0 aromatic rings. The molecule has 16 heavy (non-hydrogen) atoms. The summed E-state index contributed by atoms with van der Waals surface area (Å²) in [6.07, 6.45) is 4.90. The maximum absolute atomic E-state index is 9.64. The Morgan fingerprint density at radius 1 is 1.12 bits per heavy atom. The van der Waals surface area contributed by atoms with Crippen LogP contribution in [0.3, 0.4) is 0 Å². The Balaban J connectivity index is 1.69. The molecule has 0 radical (unpaired) electrons. The summed E-state index contributed by atoms with van der Waals surface area (Å²) >= 11 is 0. The normalized spacial score (nSPS) is 42.8. The molecule has 0 heterocycles. The van der Waals surface area contributed by atoms with Crippen molar-refractivity contribution in [3.8, 4) is 0 Å². The van der Waals surface area contributed by atoms with Crippen molar-refractivity contribution in [1.82, 2.24) is 5.32 Å². The summed E-state index contributed by atoms with van der Waals surface area (Å²) in [6.45, 7) is 5.31. The van der Waals surface area contributed by atoms with Gasteiger partial charge >= 0.3 is 0 Å². The lowest BCUT2D eigenvalue weighted by molar-refractivity contribution is -0.0738. The molecule has 0 amide bonds. The second kappa shape index (κ2) is 4.63. The van der Waals surface area contributed by atoms with Crippen LogP contribution in [-0.4, -0.2) is 35.0 Å². The second-order valence-corrected chi connectivity index (χ2v) is 6.21. The molecule has 0 spiro atoms. The molecule has 2 aliphatic rings. The lowest BCUT2D eigenvalue weighted by Gasteiger charge is -2.50. The van der Waals surface area contributed by atoms with Crippen LogP contribution in [-0.2, 0) is 0 Å². The van der Waals surface area contributed by atoms with Gasteiger partial charge in [0.25, 0.3) is 0 Å². The molecule has 94 valence electrons. The maximum atomic E-state index is 9.64. The van der Waals surface area contributed by atoms with Crippen molar-refractivity contribution < 1.29 is 10.2 Å². The van der Waals surface area contributed by atoms with E-state index in [0.717, 1.165) is 44.6 Å². The van der Waals surface area contributed by atoms with E-state index in [9.17, 15) is 10.2 Å². The molecule has 2 rings (SSSR count). The Morgan fingerprint density at radius 3 is 2.25 bits per heavy atom. The van der Waals surface area contributed by atoms with Gasteiger partial charge in [0.1, 0.15) is 0 Å². The zero-order valence-corrected chi connectivity index (χ0v) is 10.4. The largest absolute Gasteiger partial charge is 0.393 e. The molecule has 3 N–H and O–H groups in total. The van der Waals surface area contributed by atoms with Crippen molar-refractivity contribution >= 4 is 0 Å². The van der Waals surface area contributed by atoms with E-state index in [1.165, 1.54) is 0 Å². The Labute approximate surface area is 98.2 Å². The molecule has 0 bridgehead atoms. The summed E-state index contributed by atoms with van der Waals surface area (Å²) in [6, 6.07) is 0.467. The Kier molecular flexibility index (Phi) is 3.57. The van der Waals surface area contributed by atoms with Crippen LogP contribution in [0.25, 0.3) is 0 Å². The monoisotopic (exact) mass is 227 g/mol. The van der Waals surface area contributed by atoms with Crippen LogP contribution in [0.5, 0.6) is 0 Å². The molecule has 2 unspecified atom stereocenters. The van der Waals surface area contributed by atoms with E-state index in [0.29, 0.717) is 6.04 Å². The second-order valence-electron chi connectivity index (χ2n) is 6.21. The van der Waals surface area contributed by atoms with Gasteiger partial charge in [-0.2, -0.15) is 0 Å². The molecule has 2 fully saturated rings. The van der Waals surface area contributed by atoms with Crippen LogP contribution in [0.1, 0.15) is 46.0 Å². The van der Waals surface area contributed by atoms with Gasteiger partial charge in [-0.25, -0.2) is 0 Å². The topological polar surface area (TPSA) is 52.5 Å². The highest BCUT2D eigenvalue weighted by atomic mass is 16.3. The summed E-state index contributed by atoms with van der Waals surface area (Å²) in [5.41, 5.74) is 0.0359. The van der Waals surface area contributed by atoms with Crippen molar-refractivity contribution in [2.24, 2.45) is 11.3 Å². The van der Waals surface area contributed by atoms with Crippen molar-refractivity contribution in [1.29, 1.82) is 0 Å². The fourth-order valence-corrected chi connectivity index (χ4v) is 2.91. The smallest absolute Gasteiger partial charge is 0.0621 e. The summed E-state index contributed by atoms with van der Waals surface area (Å²) in [5.74, 6) is 0.719. The molecule has 2 saturated carbocycles. The lowest BCUT2D eigenvalue weighted by Crippen LogP contribution is -2.60. The Bertz CT molecular complexity index is 234. The van der Waals surface area contributed by atoms with Gasteiger partial charge in [-0.3, -0.25) is 0 Å². The third-order valence-corrected chi connectivity index (χ3v) is 4.69. The van der Waals surface area contributed by atoms with Crippen molar-refractivity contribution in [3.05, 3.63) is 0 Å². The molecule has 3 nitrogen and oxygen atoms in total. The lowest BCUT2D eigenvalue weighted by atomic mass is 9.64. The Hall–Kier alpha value is -0.120. The van der Waals surface area contributed by atoms with E-state index in [2.05, 4.69) is 19.2 Å². The van der Waals surface area contributed by atoms with Crippen LogP contribution in [0, 0.1) is 11.3 Å². The standard InChI is InChI=1S/C13H25NO2/c1-13(2)11(7-12(13)16)14-8-9-3-5-10(15)6-4-9/h9-12,14-16H,3-8H2,1-2H3.